The minimum Gasteiger partial charge on any atom is -0.355 e. The lowest BCUT2D eigenvalue weighted by molar-refractivity contribution is 0.182. The fraction of sp³-hybridized carbons (Fsp3) is 0.263. The zero-order valence-electron chi connectivity index (χ0n) is 15.3. The van der Waals surface area contributed by atoms with Crippen molar-refractivity contribution in [2.24, 2.45) is 0 Å². The first-order valence-corrected chi connectivity index (χ1v) is 9.37. The average Bonchev–Trinajstić information content (AvgIpc) is 3.05. The van der Waals surface area contributed by atoms with Crippen LogP contribution in [0.25, 0.3) is 4.91 Å². The lowest BCUT2D eigenvalue weighted by atomic mass is 10.00. The van der Waals surface area contributed by atoms with E-state index in [1.807, 2.05) is 19.9 Å². The van der Waals surface area contributed by atoms with E-state index in [0.29, 0.717) is 12.2 Å². The minimum atomic E-state index is -1.58. The van der Waals surface area contributed by atoms with Crippen LogP contribution >= 0.6 is 11.8 Å². The summed E-state index contributed by atoms with van der Waals surface area (Å²) < 4.78 is 45.4. The molecule has 9 heteroatoms. The van der Waals surface area contributed by atoms with Crippen LogP contribution in [0.4, 0.5) is 23.7 Å². The van der Waals surface area contributed by atoms with Crippen molar-refractivity contribution < 1.29 is 22.5 Å². The molecule has 2 aromatic rings. The molecule has 0 bridgehead atoms. The van der Waals surface area contributed by atoms with E-state index in [1.165, 1.54) is 16.7 Å². The number of nitrogens with one attached hydrogen (secondary N) is 1. The second kappa shape index (κ2) is 8.14. The van der Waals surface area contributed by atoms with E-state index in [9.17, 15) is 18.0 Å². The lowest BCUT2D eigenvalue weighted by Gasteiger charge is -2.32. The zero-order chi connectivity index (χ0) is 20.4. The zero-order valence-corrected chi connectivity index (χ0v) is 16.1. The van der Waals surface area contributed by atoms with Crippen molar-refractivity contribution in [1.82, 2.24) is 10.1 Å². The number of benzene rings is 1. The van der Waals surface area contributed by atoms with Gasteiger partial charge in [-0.2, -0.15) is 0 Å². The van der Waals surface area contributed by atoms with Gasteiger partial charge in [0.25, 0.3) is 0 Å². The van der Waals surface area contributed by atoms with Gasteiger partial charge in [0, 0.05) is 35.8 Å². The Bertz CT molecular complexity index is 935. The molecule has 0 saturated carbocycles. The molecule has 1 aliphatic heterocycles. The van der Waals surface area contributed by atoms with Crippen LogP contribution in [0.3, 0.4) is 0 Å². The molecule has 1 aromatic heterocycles. The maximum Gasteiger partial charge on any atom is 0.322 e. The van der Waals surface area contributed by atoms with Crippen molar-refractivity contribution in [3.8, 4) is 0 Å². The normalized spacial score (nSPS) is 16.7. The van der Waals surface area contributed by atoms with Gasteiger partial charge in [-0.15, -0.1) is 0 Å². The summed E-state index contributed by atoms with van der Waals surface area (Å²) in [4.78, 5) is 15.0. The average molecular weight is 409 g/mol. The third-order valence-corrected chi connectivity index (χ3v) is 5.25. The predicted octanol–water partition coefficient (Wildman–Crippen LogP) is 5.31. The third-order valence-electron chi connectivity index (χ3n) is 4.41. The molecule has 0 aliphatic carbocycles. The number of aromatic nitrogens is 1. The second-order valence-electron chi connectivity index (χ2n) is 6.24. The molecule has 1 aliphatic rings. The van der Waals surface area contributed by atoms with E-state index < -0.39 is 23.5 Å². The lowest BCUT2D eigenvalue weighted by Crippen LogP contribution is -2.44. The molecule has 2 amide bonds. The third kappa shape index (κ3) is 3.80. The van der Waals surface area contributed by atoms with E-state index >= 15 is 0 Å². The number of urea groups is 1. The van der Waals surface area contributed by atoms with E-state index in [1.54, 1.807) is 5.41 Å². The Morgan fingerprint density at radius 1 is 1.39 bits per heavy atom. The summed E-state index contributed by atoms with van der Waals surface area (Å²) >= 11 is 1.38. The summed E-state index contributed by atoms with van der Waals surface area (Å²) in [7, 11) is 0. The Morgan fingerprint density at radius 3 is 2.68 bits per heavy atom. The summed E-state index contributed by atoms with van der Waals surface area (Å²) in [6, 6.07) is 0.690. The van der Waals surface area contributed by atoms with Crippen molar-refractivity contribution >= 4 is 28.4 Å². The number of carbonyl (C=O) groups excluding carboxylic acids is 1. The molecule has 1 N–H and O–H groups in total. The number of anilines is 1. The van der Waals surface area contributed by atoms with Crippen LogP contribution in [0.1, 0.15) is 30.9 Å². The largest absolute Gasteiger partial charge is 0.355 e. The molecule has 0 radical (unpaired) electrons. The van der Waals surface area contributed by atoms with Crippen LogP contribution in [0.15, 0.2) is 34.7 Å². The molecule has 2 heterocycles. The van der Waals surface area contributed by atoms with Gasteiger partial charge in [-0.3, -0.25) is 0 Å². The van der Waals surface area contributed by atoms with Gasteiger partial charge in [0.2, 0.25) is 0 Å². The maximum atomic E-state index is 13.4. The van der Waals surface area contributed by atoms with Crippen LogP contribution < -0.4 is 5.32 Å². The van der Waals surface area contributed by atoms with Gasteiger partial charge in [0.05, 0.1) is 17.1 Å². The number of rotatable bonds is 4. The summed E-state index contributed by atoms with van der Waals surface area (Å²) in [5.74, 6) is -3.76. The molecule has 0 spiro atoms. The number of halogens is 3. The number of amides is 2. The highest BCUT2D eigenvalue weighted by atomic mass is 32.2. The first-order valence-electron chi connectivity index (χ1n) is 8.49. The minimum absolute atomic E-state index is 0.165. The number of fused-ring (bicyclic) bond motifs is 1. The molecule has 0 saturated heterocycles. The fourth-order valence-electron chi connectivity index (χ4n) is 3.01. The van der Waals surface area contributed by atoms with E-state index in [-0.39, 0.29) is 18.3 Å². The van der Waals surface area contributed by atoms with Crippen molar-refractivity contribution in [2.45, 2.75) is 32.9 Å². The Labute approximate surface area is 164 Å². The van der Waals surface area contributed by atoms with Gasteiger partial charge in [0.1, 0.15) is 0 Å². The Balaban J connectivity index is 1.84. The van der Waals surface area contributed by atoms with Crippen LogP contribution in [0.2, 0.25) is 0 Å². The molecule has 0 fully saturated rings. The fourth-order valence-corrected chi connectivity index (χ4v) is 3.60. The number of nitrogens with zero attached hydrogens (tertiary/aromatic N) is 2. The highest BCUT2D eigenvalue weighted by molar-refractivity contribution is 8.10. The summed E-state index contributed by atoms with van der Waals surface area (Å²) in [6.45, 7) is 7.59. The Morgan fingerprint density at radius 2 is 2.07 bits per heavy atom. The molecule has 3 rings (SSSR count). The molecule has 148 valence electrons. The van der Waals surface area contributed by atoms with E-state index in [0.717, 1.165) is 28.3 Å². The van der Waals surface area contributed by atoms with Gasteiger partial charge < -0.3 is 14.7 Å². The van der Waals surface area contributed by atoms with Crippen LogP contribution in [-0.2, 0) is 13.0 Å². The van der Waals surface area contributed by atoms with Crippen LogP contribution in [0, 0.1) is 17.5 Å². The van der Waals surface area contributed by atoms with Crippen molar-refractivity contribution in [1.29, 1.82) is 0 Å². The Hall–Kier alpha value is -2.68. The quantitative estimate of drug-likeness (QED) is 0.696. The van der Waals surface area contributed by atoms with Gasteiger partial charge in [-0.1, -0.05) is 29.6 Å². The summed E-state index contributed by atoms with van der Waals surface area (Å²) in [5.41, 5.74) is 1.36. The van der Waals surface area contributed by atoms with Gasteiger partial charge >= 0.3 is 6.03 Å². The van der Waals surface area contributed by atoms with Crippen molar-refractivity contribution in [3.63, 3.8) is 0 Å². The van der Waals surface area contributed by atoms with Crippen molar-refractivity contribution in [3.05, 3.63) is 64.7 Å². The first-order chi connectivity index (χ1) is 13.3. The standard InChI is InChI=1S/C19H18F3N3O2S/c1-4-16(28-5-2)18-12-9-25(10(3)6-15(12)24-27-18)19(26)23-11-7-13(20)17(22)14(21)8-11/h4-5,7-8,10H,2,6,9H2,1,3H3,(H,23,26)/b16-4-/t10-/m0/s1. The highest BCUT2D eigenvalue weighted by Gasteiger charge is 2.32. The number of allylic oxidation sites excluding steroid dienone is 1. The smallest absolute Gasteiger partial charge is 0.322 e. The summed E-state index contributed by atoms with van der Waals surface area (Å²) in [5, 5.41) is 8.19. The monoisotopic (exact) mass is 409 g/mol. The first kappa shape index (κ1) is 20.1. The highest BCUT2D eigenvalue weighted by Crippen LogP contribution is 2.35. The number of hydrogen-bond donors (Lipinski definition) is 1. The predicted molar refractivity (Wildman–Crippen MR) is 102 cm³/mol. The van der Waals surface area contributed by atoms with Gasteiger partial charge in [-0.25, -0.2) is 18.0 Å². The molecule has 5 nitrogen and oxygen atoms in total. The number of carbonyl (C=O) groups is 1. The topological polar surface area (TPSA) is 58.4 Å². The van der Waals surface area contributed by atoms with Crippen molar-refractivity contribution in [2.75, 3.05) is 5.32 Å². The number of thioether (sulfide) groups is 1. The molecule has 1 aromatic carbocycles. The molecule has 1 atom stereocenters. The molecular weight excluding hydrogens is 391 g/mol. The SMILES string of the molecule is C=CS/C(=C\C)c1onc2c1CN(C(=O)Nc1cc(F)c(F)c(F)c1)[C@@H](C)C2. The van der Waals surface area contributed by atoms with Crippen LogP contribution in [0.5, 0.6) is 0 Å². The van der Waals surface area contributed by atoms with E-state index in [4.69, 9.17) is 4.52 Å². The molecule has 0 unspecified atom stereocenters. The second-order valence-corrected chi connectivity index (χ2v) is 7.25. The number of hydrogen-bond acceptors (Lipinski definition) is 4. The Kier molecular flexibility index (Phi) is 5.83. The van der Waals surface area contributed by atoms with E-state index in [2.05, 4.69) is 17.1 Å². The maximum absolute atomic E-state index is 13.4. The van der Waals surface area contributed by atoms with Gasteiger partial charge in [0.15, 0.2) is 23.2 Å². The molecule has 28 heavy (non-hydrogen) atoms. The summed E-state index contributed by atoms with van der Waals surface area (Å²) in [6.07, 6.45) is 2.33. The molecular formula is C19H18F3N3O2S. The van der Waals surface area contributed by atoms with Crippen LogP contribution in [-0.4, -0.2) is 22.1 Å². The van der Waals surface area contributed by atoms with Gasteiger partial charge in [-0.05, 0) is 19.3 Å².